The number of urea groups is 1. The molecule has 25 heavy (non-hydrogen) atoms. The molecule has 1 saturated heterocycles. The van der Waals surface area contributed by atoms with Crippen LogP contribution in [0.4, 0.5) is 4.79 Å². The fraction of sp³-hybridized carbons (Fsp3) is 0.294. The molecule has 0 unspecified atom stereocenters. The molecule has 0 aliphatic carbocycles. The minimum Gasteiger partial charge on any atom is -0.338 e. The lowest BCUT2D eigenvalue weighted by atomic mass is 9.93. The van der Waals surface area contributed by atoms with Crippen LogP contribution in [0.1, 0.15) is 35.2 Å². The minimum atomic E-state index is -1.07. The van der Waals surface area contributed by atoms with Crippen molar-refractivity contribution in [3.05, 3.63) is 53.6 Å². The van der Waals surface area contributed by atoms with E-state index in [2.05, 4.69) is 20.7 Å². The van der Waals surface area contributed by atoms with Crippen LogP contribution in [0.5, 0.6) is 0 Å². The Kier molecular flexibility index (Phi) is 4.26. The van der Waals surface area contributed by atoms with Gasteiger partial charge in [-0.3, -0.25) is 15.0 Å². The van der Waals surface area contributed by atoms with Crippen molar-refractivity contribution in [2.24, 2.45) is 0 Å². The smallest absolute Gasteiger partial charge is 0.338 e. The first-order valence-corrected chi connectivity index (χ1v) is 7.92. The molecule has 2 heterocycles. The number of carbonyl (C=O) groups excluding carboxylic acids is 3. The van der Waals surface area contributed by atoms with E-state index >= 15 is 0 Å². The van der Waals surface area contributed by atoms with Crippen LogP contribution in [0.15, 0.2) is 36.5 Å². The Balaban J connectivity index is 1.67. The Labute approximate surface area is 144 Å². The number of aryl methyl sites for hydroxylation is 2. The topological polar surface area (TPSA) is 107 Å². The van der Waals surface area contributed by atoms with Crippen LogP contribution in [-0.4, -0.2) is 38.4 Å². The quantitative estimate of drug-likeness (QED) is 0.713. The molecule has 1 aromatic carbocycles. The number of aromatic nitrogens is 2. The molecule has 2 aromatic rings. The summed E-state index contributed by atoms with van der Waals surface area (Å²) in [6.45, 7) is 3.35. The van der Waals surface area contributed by atoms with Crippen LogP contribution in [0.25, 0.3) is 0 Å². The van der Waals surface area contributed by atoms with Crippen molar-refractivity contribution in [1.29, 1.82) is 0 Å². The molecule has 0 bridgehead atoms. The van der Waals surface area contributed by atoms with Crippen LogP contribution in [-0.2, 0) is 11.2 Å². The molecular formula is C17H19N5O3. The van der Waals surface area contributed by atoms with Gasteiger partial charge in [0.2, 0.25) is 0 Å². The molecule has 130 valence electrons. The van der Waals surface area contributed by atoms with Gasteiger partial charge in [-0.15, -0.1) is 0 Å². The average Bonchev–Trinajstić information content (AvgIpc) is 3.12. The van der Waals surface area contributed by atoms with Crippen molar-refractivity contribution >= 4 is 17.8 Å². The highest BCUT2D eigenvalue weighted by molar-refractivity contribution is 6.08. The molecule has 0 spiro atoms. The summed E-state index contributed by atoms with van der Waals surface area (Å²) in [6, 6.07) is 9.04. The third-order valence-corrected chi connectivity index (χ3v) is 4.18. The first-order chi connectivity index (χ1) is 11.9. The van der Waals surface area contributed by atoms with Crippen LogP contribution in [0.2, 0.25) is 0 Å². The maximum Gasteiger partial charge on any atom is 0.344 e. The number of amides is 4. The number of imidazole rings is 1. The van der Waals surface area contributed by atoms with E-state index in [1.807, 2.05) is 30.3 Å². The molecule has 8 nitrogen and oxygen atoms in total. The minimum absolute atomic E-state index is 0.177. The van der Waals surface area contributed by atoms with E-state index < -0.39 is 23.4 Å². The van der Waals surface area contributed by atoms with Crippen molar-refractivity contribution in [3.8, 4) is 0 Å². The van der Waals surface area contributed by atoms with Gasteiger partial charge in [0, 0.05) is 0 Å². The van der Waals surface area contributed by atoms with E-state index in [1.54, 1.807) is 13.8 Å². The van der Waals surface area contributed by atoms with E-state index in [0.29, 0.717) is 18.7 Å². The molecule has 1 aliphatic heterocycles. The van der Waals surface area contributed by atoms with Gasteiger partial charge < -0.3 is 10.3 Å². The molecule has 1 aromatic heterocycles. The molecular weight excluding hydrogens is 322 g/mol. The molecule has 1 aliphatic rings. The first-order valence-electron chi connectivity index (χ1n) is 7.92. The van der Waals surface area contributed by atoms with Crippen molar-refractivity contribution < 1.29 is 14.4 Å². The number of imide groups is 1. The number of hydrogen-bond acceptors (Lipinski definition) is 4. The van der Waals surface area contributed by atoms with Gasteiger partial charge in [-0.2, -0.15) is 5.01 Å². The molecule has 1 atom stereocenters. The Morgan fingerprint density at radius 2 is 2.00 bits per heavy atom. The maximum atomic E-state index is 12.6. The SMILES string of the molecule is Cc1ncc(C(=O)NN2C(=O)N[C@](C)(CCc3ccccc3)C2=O)[nH]1. The van der Waals surface area contributed by atoms with Gasteiger partial charge in [0.1, 0.15) is 17.1 Å². The van der Waals surface area contributed by atoms with Gasteiger partial charge in [-0.25, -0.2) is 9.78 Å². The van der Waals surface area contributed by atoms with Gasteiger partial charge in [0.05, 0.1) is 6.20 Å². The third-order valence-electron chi connectivity index (χ3n) is 4.18. The predicted molar refractivity (Wildman–Crippen MR) is 89.3 cm³/mol. The second-order valence-corrected chi connectivity index (χ2v) is 6.21. The monoisotopic (exact) mass is 341 g/mol. The van der Waals surface area contributed by atoms with Crippen molar-refractivity contribution in [2.75, 3.05) is 0 Å². The summed E-state index contributed by atoms with van der Waals surface area (Å²) in [4.78, 5) is 43.6. The highest BCUT2D eigenvalue weighted by atomic mass is 16.2. The van der Waals surface area contributed by atoms with E-state index in [1.165, 1.54) is 6.20 Å². The first kappa shape index (κ1) is 16.7. The van der Waals surface area contributed by atoms with Gasteiger partial charge in [-0.1, -0.05) is 30.3 Å². The van der Waals surface area contributed by atoms with E-state index in [0.717, 1.165) is 10.6 Å². The summed E-state index contributed by atoms with van der Waals surface area (Å²) in [5.41, 5.74) is 2.50. The number of hydrogen-bond donors (Lipinski definition) is 3. The van der Waals surface area contributed by atoms with E-state index in [4.69, 9.17) is 0 Å². The zero-order valence-corrected chi connectivity index (χ0v) is 14.0. The van der Waals surface area contributed by atoms with Crippen LogP contribution >= 0.6 is 0 Å². The van der Waals surface area contributed by atoms with Gasteiger partial charge >= 0.3 is 6.03 Å². The number of rotatable bonds is 5. The number of benzene rings is 1. The number of H-pyrrole nitrogens is 1. The summed E-state index contributed by atoms with van der Waals surface area (Å²) < 4.78 is 0. The van der Waals surface area contributed by atoms with Crippen molar-refractivity contribution in [3.63, 3.8) is 0 Å². The number of nitrogens with one attached hydrogen (secondary N) is 3. The number of carbonyl (C=O) groups is 3. The van der Waals surface area contributed by atoms with Crippen LogP contribution in [0.3, 0.4) is 0 Å². The lowest BCUT2D eigenvalue weighted by molar-refractivity contribution is -0.132. The van der Waals surface area contributed by atoms with Gasteiger partial charge in [0.15, 0.2) is 0 Å². The zero-order valence-electron chi connectivity index (χ0n) is 14.0. The molecule has 0 saturated carbocycles. The predicted octanol–water partition coefficient (Wildman–Crippen LogP) is 1.31. The highest BCUT2D eigenvalue weighted by Crippen LogP contribution is 2.22. The van der Waals surface area contributed by atoms with Gasteiger partial charge in [-0.05, 0) is 32.3 Å². The number of hydrazine groups is 1. The summed E-state index contributed by atoms with van der Waals surface area (Å²) in [5.74, 6) is -0.524. The van der Waals surface area contributed by atoms with Gasteiger partial charge in [0.25, 0.3) is 11.8 Å². The van der Waals surface area contributed by atoms with Crippen LogP contribution in [0, 0.1) is 6.92 Å². The van der Waals surface area contributed by atoms with Crippen molar-refractivity contribution in [1.82, 2.24) is 25.7 Å². The molecule has 4 amide bonds. The van der Waals surface area contributed by atoms with E-state index in [9.17, 15) is 14.4 Å². The standard InChI is InChI=1S/C17H19N5O3/c1-11-18-10-13(19-11)14(23)21-22-15(24)17(2,20-16(22)25)9-8-12-6-4-3-5-7-12/h3-7,10H,8-9H2,1-2H3,(H,18,19)(H,20,25)(H,21,23)/t17-/m1/s1. The fourth-order valence-corrected chi connectivity index (χ4v) is 2.69. The fourth-order valence-electron chi connectivity index (χ4n) is 2.69. The highest BCUT2D eigenvalue weighted by Gasteiger charge is 2.48. The summed E-state index contributed by atoms with van der Waals surface area (Å²) in [5, 5.41) is 3.38. The Bertz CT molecular complexity index is 817. The normalized spacial score (nSPS) is 19.8. The molecule has 8 heteroatoms. The van der Waals surface area contributed by atoms with E-state index in [-0.39, 0.29) is 5.69 Å². The number of aromatic amines is 1. The second-order valence-electron chi connectivity index (χ2n) is 6.21. The molecule has 3 N–H and O–H groups in total. The number of nitrogens with zero attached hydrogens (tertiary/aromatic N) is 2. The zero-order chi connectivity index (χ0) is 18.0. The molecule has 3 rings (SSSR count). The Hall–Kier alpha value is -3.16. The summed E-state index contributed by atoms with van der Waals surface area (Å²) in [7, 11) is 0. The lowest BCUT2D eigenvalue weighted by Crippen LogP contribution is -2.49. The van der Waals surface area contributed by atoms with Crippen LogP contribution < -0.4 is 10.7 Å². The Morgan fingerprint density at radius 1 is 1.28 bits per heavy atom. The third kappa shape index (κ3) is 3.37. The average molecular weight is 341 g/mol. The largest absolute Gasteiger partial charge is 0.344 e. The molecule has 0 radical (unpaired) electrons. The second kappa shape index (κ2) is 6.39. The summed E-state index contributed by atoms with van der Waals surface area (Å²) in [6.07, 6.45) is 2.40. The maximum absolute atomic E-state index is 12.6. The lowest BCUT2D eigenvalue weighted by Gasteiger charge is -2.21. The van der Waals surface area contributed by atoms with Crippen molar-refractivity contribution in [2.45, 2.75) is 32.2 Å². The summed E-state index contributed by atoms with van der Waals surface area (Å²) >= 11 is 0. The Morgan fingerprint density at radius 3 is 2.64 bits per heavy atom. The molecule has 1 fully saturated rings.